The van der Waals surface area contributed by atoms with Gasteiger partial charge in [-0.3, -0.25) is 0 Å². The van der Waals surface area contributed by atoms with Gasteiger partial charge in [-0.15, -0.1) is 0 Å². The number of ether oxygens (including phenoxy) is 1. The molecule has 3 nitrogen and oxygen atoms in total. The highest BCUT2D eigenvalue weighted by molar-refractivity contribution is 4.89. The molecule has 2 saturated heterocycles. The summed E-state index contributed by atoms with van der Waals surface area (Å²) in [7, 11) is 1.84. The van der Waals surface area contributed by atoms with Crippen LogP contribution in [0.15, 0.2) is 0 Å². The first-order valence-electron chi connectivity index (χ1n) is 8.20. The van der Waals surface area contributed by atoms with Crippen LogP contribution in [-0.2, 0) is 4.74 Å². The molecule has 0 aliphatic carbocycles. The molecule has 3 heteroatoms. The molecule has 2 aliphatic heterocycles. The largest absolute Gasteiger partial charge is 0.384 e. The second-order valence-electron chi connectivity index (χ2n) is 6.73. The Morgan fingerprint density at radius 1 is 1.37 bits per heavy atom. The van der Waals surface area contributed by atoms with Crippen molar-refractivity contribution in [2.24, 2.45) is 11.3 Å². The Morgan fingerprint density at radius 2 is 2.26 bits per heavy atom. The van der Waals surface area contributed by atoms with Gasteiger partial charge in [-0.25, -0.2) is 0 Å². The van der Waals surface area contributed by atoms with Crippen molar-refractivity contribution in [2.45, 2.75) is 45.4 Å². The third-order valence-electron chi connectivity index (χ3n) is 4.91. The summed E-state index contributed by atoms with van der Waals surface area (Å²) in [5.74, 6) is 0.758. The highest BCUT2D eigenvalue weighted by atomic mass is 16.5. The summed E-state index contributed by atoms with van der Waals surface area (Å²) in [4.78, 5) is 2.72. The fourth-order valence-corrected chi connectivity index (χ4v) is 4.13. The molecule has 2 atom stereocenters. The molecule has 0 saturated carbocycles. The number of hydrogen-bond donors (Lipinski definition) is 1. The fourth-order valence-electron chi connectivity index (χ4n) is 4.13. The molecule has 1 N–H and O–H groups in total. The van der Waals surface area contributed by atoms with Gasteiger partial charge in [0, 0.05) is 26.7 Å². The van der Waals surface area contributed by atoms with Gasteiger partial charge < -0.3 is 15.0 Å². The smallest absolute Gasteiger partial charge is 0.0502 e. The van der Waals surface area contributed by atoms with Crippen LogP contribution in [0.2, 0.25) is 0 Å². The van der Waals surface area contributed by atoms with Crippen LogP contribution in [0.5, 0.6) is 0 Å². The third kappa shape index (κ3) is 4.44. The number of piperidine rings is 2. The summed E-state index contributed by atoms with van der Waals surface area (Å²) in [6.07, 6.45) is 8.17. The van der Waals surface area contributed by atoms with E-state index in [-0.39, 0.29) is 0 Å². The fraction of sp³-hybridized carbons (Fsp3) is 1.00. The van der Waals surface area contributed by atoms with E-state index in [1.807, 2.05) is 7.11 Å². The predicted molar refractivity (Wildman–Crippen MR) is 80.5 cm³/mol. The van der Waals surface area contributed by atoms with Gasteiger partial charge in [0.25, 0.3) is 0 Å². The van der Waals surface area contributed by atoms with Crippen molar-refractivity contribution in [1.82, 2.24) is 10.2 Å². The lowest BCUT2D eigenvalue weighted by Gasteiger charge is -2.44. The van der Waals surface area contributed by atoms with Gasteiger partial charge in [0.2, 0.25) is 0 Å². The summed E-state index contributed by atoms with van der Waals surface area (Å²) in [6.45, 7) is 9.57. The molecule has 0 spiro atoms. The summed E-state index contributed by atoms with van der Waals surface area (Å²) in [6, 6.07) is 0. The van der Waals surface area contributed by atoms with Crippen LogP contribution in [-0.4, -0.2) is 51.3 Å². The Labute approximate surface area is 119 Å². The Morgan fingerprint density at radius 3 is 2.95 bits per heavy atom. The SMILES string of the molecule is CCCC1(CN2CCCC(COC)C2)CCCNC1. The summed E-state index contributed by atoms with van der Waals surface area (Å²) >= 11 is 0. The first kappa shape index (κ1) is 15.3. The van der Waals surface area contributed by atoms with E-state index < -0.39 is 0 Å². The van der Waals surface area contributed by atoms with Gasteiger partial charge in [-0.05, 0) is 56.5 Å². The van der Waals surface area contributed by atoms with Crippen LogP contribution in [0.3, 0.4) is 0 Å². The van der Waals surface area contributed by atoms with E-state index in [0.717, 1.165) is 12.5 Å². The lowest BCUT2D eigenvalue weighted by atomic mass is 9.76. The van der Waals surface area contributed by atoms with Crippen molar-refractivity contribution < 1.29 is 4.74 Å². The number of rotatable bonds is 6. The number of nitrogens with zero attached hydrogens (tertiary/aromatic N) is 1. The molecule has 0 radical (unpaired) electrons. The Bertz CT molecular complexity index is 244. The van der Waals surface area contributed by atoms with E-state index in [1.54, 1.807) is 0 Å². The first-order valence-corrected chi connectivity index (χ1v) is 8.20. The van der Waals surface area contributed by atoms with Crippen molar-refractivity contribution in [2.75, 3.05) is 46.4 Å². The molecule has 0 aromatic carbocycles. The van der Waals surface area contributed by atoms with E-state index in [9.17, 15) is 0 Å². The zero-order valence-corrected chi connectivity index (χ0v) is 12.9. The molecule has 112 valence electrons. The van der Waals surface area contributed by atoms with Gasteiger partial charge in [0.1, 0.15) is 0 Å². The quantitative estimate of drug-likeness (QED) is 0.801. The zero-order chi connectivity index (χ0) is 13.6. The molecule has 0 amide bonds. The monoisotopic (exact) mass is 268 g/mol. The minimum atomic E-state index is 0.544. The maximum atomic E-state index is 5.35. The lowest BCUT2D eigenvalue weighted by molar-refractivity contribution is 0.0490. The number of methoxy groups -OCH3 is 1. The van der Waals surface area contributed by atoms with Gasteiger partial charge in [-0.2, -0.15) is 0 Å². The van der Waals surface area contributed by atoms with Crippen LogP contribution in [0.25, 0.3) is 0 Å². The summed E-state index contributed by atoms with van der Waals surface area (Å²) in [5.41, 5.74) is 0.544. The number of hydrogen-bond acceptors (Lipinski definition) is 3. The van der Waals surface area contributed by atoms with Gasteiger partial charge in [0.05, 0.1) is 6.61 Å². The van der Waals surface area contributed by atoms with Crippen molar-refractivity contribution in [1.29, 1.82) is 0 Å². The molecule has 0 aromatic heterocycles. The summed E-state index contributed by atoms with van der Waals surface area (Å²) in [5, 5.41) is 3.64. The van der Waals surface area contributed by atoms with E-state index in [2.05, 4.69) is 17.1 Å². The molecule has 0 aromatic rings. The Kier molecular flexibility index (Phi) is 6.11. The highest BCUT2D eigenvalue weighted by Gasteiger charge is 2.34. The standard InChI is InChI=1S/C16H32N2O/c1-3-7-16(8-5-9-17-13-16)14-18-10-4-6-15(11-18)12-19-2/h15,17H,3-14H2,1-2H3. The van der Waals surface area contributed by atoms with E-state index >= 15 is 0 Å². The minimum absolute atomic E-state index is 0.544. The molecular weight excluding hydrogens is 236 g/mol. The zero-order valence-electron chi connectivity index (χ0n) is 12.9. The topological polar surface area (TPSA) is 24.5 Å². The van der Waals surface area contributed by atoms with Crippen LogP contribution >= 0.6 is 0 Å². The molecule has 2 aliphatic rings. The molecule has 19 heavy (non-hydrogen) atoms. The van der Waals surface area contributed by atoms with Crippen molar-refractivity contribution in [3.63, 3.8) is 0 Å². The van der Waals surface area contributed by atoms with Crippen molar-refractivity contribution in [3.05, 3.63) is 0 Å². The molecule has 2 rings (SSSR count). The Hall–Kier alpha value is -0.120. The first-order chi connectivity index (χ1) is 9.28. The van der Waals surface area contributed by atoms with E-state index in [4.69, 9.17) is 4.74 Å². The maximum Gasteiger partial charge on any atom is 0.0502 e. The molecule has 2 fully saturated rings. The van der Waals surface area contributed by atoms with E-state index in [0.29, 0.717) is 5.41 Å². The second kappa shape index (κ2) is 7.61. The number of likely N-dealkylation sites (tertiary alicyclic amines) is 1. The highest BCUT2D eigenvalue weighted by Crippen LogP contribution is 2.33. The predicted octanol–water partition coefficient (Wildman–Crippen LogP) is 2.51. The van der Waals surface area contributed by atoms with E-state index in [1.165, 1.54) is 71.2 Å². The van der Waals surface area contributed by atoms with Crippen molar-refractivity contribution >= 4 is 0 Å². The molecule has 2 unspecified atom stereocenters. The van der Waals surface area contributed by atoms with Crippen LogP contribution in [0, 0.1) is 11.3 Å². The van der Waals surface area contributed by atoms with Gasteiger partial charge >= 0.3 is 0 Å². The lowest BCUT2D eigenvalue weighted by Crippen LogP contribution is -2.50. The normalized spacial score (nSPS) is 33.5. The van der Waals surface area contributed by atoms with Gasteiger partial charge in [0.15, 0.2) is 0 Å². The maximum absolute atomic E-state index is 5.35. The minimum Gasteiger partial charge on any atom is -0.384 e. The van der Waals surface area contributed by atoms with Gasteiger partial charge in [-0.1, -0.05) is 13.3 Å². The van der Waals surface area contributed by atoms with Crippen LogP contribution in [0.4, 0.5) is 0 Å². The third-order valence-corrected chi connectivity index (χ3v) is 4.91. The average molecular weight is 268 g/mol. The molecule has 0 bridgehead atoms. The summed E-state index contributed by atoms with van der Waals surface area (Å²) < 4.78 is 5.35. The number of nitrogens with one attached hydrogen (secondary N) is 1. The molecule has 2 heterocycles. The Balaban J connectivity index is 1.88. The van der Waals surface area contributed by atoms with Crippen molar-refractivity contribution in [3.8, 4) is 0 Å². The van der Waals surface area contributed by atoms with Crippen LogP contribution in [0.1, 0.15) is 45.4 Å². The molecular formula is C16H32N2O. The average Bonchev–Trinajstić information content (AvgIpc) is 2.41. The van der Waals surface area contributed by atoms with Crippen LogP contribution < -0.4 is 5.32 Å². The second-order valence-corrected chi connectivity index (χ2v) is 6.73.